The van der Waals surface area contributed by atoms with Gasteiger partial charge in [0.05, 0.1) is 0 Å². The fraction of sp³-hybridized carbons (Fsp3) is 0.588. The zero-order valence-electron chi connectivity index (χ0n) is 13.9. The molecule has 0 spiro atoms. The lowest BCUT2D eigenvalue weighted by Gasteiger charge is -2.26. The Balaban J connectivity index is 0.00000441. The van der Waals surface area contributed by atoms with E-state index < -0.39 is 0 Å². The van der Waals surface area contributed by atoms with Crippen LogP contribution in [0, 0.1) is 5.92 Å². The first kappa shape index (κ1) is 20.9. The van der Waals surface area contributed by atoms with Crippen LogP contribution in [0.2, 0.25) is 0 Å². The Morgan fingerprint density at radius 2 is 1.95 bits per heavy atom. The van der Waals surface area contributed by atoms with E-state index in [1.165, 1.54) is 5.56 Å². The predicted molar refractivity (Wildman–Crippen MR) is 93.3 cm³/mol. The van der Waals surface area contributed by atoms with E-state index in [2.05, 4.69) is 17.4 Å². The zero-order valence-corrected chi connectivity index (χ0v) is 14.7. The molecule has 0 radical (unpaired) electrons. The van der Waals surface area contributed by atoms with Crippen molar-refractivity contribution < 1.29 is 9.53 Å². The number of carbonyl (C=O) groups excluding carboxylic acids is 1. The van der Waals surface area contributed by atoms with Crippen LogP contribution in [0.25, 0.3) is 0 Å². The average molecular weight is 329 g/mol. The van der Waals surface area contributed by atoms with Crippen LogP contribution in [0.4, 0.5) is 0 Å². The first-order valence-corrected chi connectivity index (χ1v) is 7.65. The standard InChI is InChI=1S/C17H28N2O2.ClH/c1-15(13-18-2)17(20)19(11-7-8-12-21-3)14-16-9-5-4-6-10-16;/h4-6,9-10,15,18H,7-8,11-14H2,1-3H3;1H. The molecule has 0 aliphatic carbocycles. The van der Waals surface area contributed by atoms with E-state index in [0.29, 0.717) is 13.1 Å². The summed E-state index contributed by atoms with van der Waals surface area (Å²) in [5, 5.41) is 3.08. The molecule has 0 heterocycles. The van der Waals surface area contributed by atoms with Gasteiger partial charge in [-0.15, -0.1) is 12.4 Å². The van der Waals surface area contributed by atoms with Gasteiger partial charge in [-0.1, -0.05) is 37.3 Å². The maximum atomic E-state index is 12.6. The number of nitrogens with zero attached hydrogens (tertiary/aromatic N) is 1. The lowest BCUT2D eigenvalue weighted by atomic mass is 10.1. The van der Waals surface area contributed by atoms with Crippen LogP contribution in [0.3, 0.4) is 0 Å². The number of carbonyl (C=O) groups is 1. The molecule has 0 fully saturated rings. The Morgan fingerprint density at radius 1 is 1.27 bits per heavy atom. The number of nitrogens with one attached hydrogen (secondary N) is 1. The Kier molecular flexibility index (Phi) is 11.8. The second kappa shape index (κ2) is 12.4. The molecule has 0 bridgehead atoms. The minimum absolute atomic E-state index is 0. The lowest BCUT2D eigenvalue weighted by Crippen LogP contribution is -2.38. The summed E-state index contributed by atoms with van der Waals surface area (Å²) in [5.74, 6) is 0.215. The van der Waals surface area contributed by atoms with Crippen LogP contribution >= 0.6 is 12.4 Å². The molecule has 1 unspecified atom stereocenters. The summed E-state index contributed by atoms with van der Waals surface area (Å²) in [7, 11) is 3.59. The van der Waals surface area contributed by atoms with Crippen molar-refractivity contribution in [3.63, 3.8) is 0 Å². The second-order valence-corrected chi connectivity index (χ2v) is 5.40. The molecule has 126 valence electrons. The highest BCUT2D eigenvalue weighted by molar-refractivity contribution is 5.85. The second-order valence-electron chi connectivity index (χ2n) is 5.40. The fourth-order valence-electron chi connectivity index (χ4n) is 2.33. The van der Waals surface area contributed by atoms with Crippen molar-refractivity contribution in [1.29, 1.82) is 0 Å². The van der Waals surface area contributed by atoms with Crippen LogP contribution < -0.4 is 5.32 Å². The highest BCUT2D eigenvalue weighted by Gasteiger charge is 2.19. The van der Waals surface area contributed by atoms with Crippen molar-refractivity contribution in [2.45, 2.75) is 26.3 Å². The fourth-order valence-corrected chi connectivity index (χ4v) is 2.33. The Morgan fingerprint density at radius 3 is 2.55 bits per heavy atom. The van der Waals surface area contributed by atoms with Crippen molar-refractivity contribution in [3.8, 4) is 0 Å². The molecule has 4 nitrogen and oxygen atoms in total. The maximum absolute atomic E-state index is 12.6. The molecule has 1 N–H and O–H groups in total. The quantitative estimate of drug-likeness (QED) is 0.671. The molecule has 0 aliphatic heterocycles. The smallest absolute Gasteiger partial charge is 0.226 e. The number of amides is 1. The van der Waals surface area contributed by atoms with Crippen LogP contribution in [0.1, 0.15) is 25.3 Å². The molecule has 0 aliphatic rings. The molecule has 0 saturated carbocycles. The maximum Gasteiger partial charge on any atom is 0.226 e. The minimum Gasteiger partial charge on any atom is -0.385 e. The first-order chi connectivity index (χ1) is 10.2. The number of hydrogen-bond acceptors (Lipinski definition) is 3. The van der Waals surface area contributed by atoms with Gasteiger partial charge in [-0.05, 0) is 25.5 Å². The van der Waals surface area contributed by atoms with Gasteiger partial charge in [0.25, 0.3) is 0 Å². The molecule has 0 saturated heterocycles. The van der Waals surface area contributed by atoms with E-state index in [9.17, 15) is 4.79 Å². The summed E-state index contributed by atoms with van der Waals surface area (Å²) < 4.78 is 5.07. The summed E-state index contributed by atoms with van der Waals surface area (Å²) in [6.07, 6.45) is 1.95. The number of benzene rings is 1. The van der Waals surface area contributed by atoms with Crippen LogP contribution in [-0.4, -0.2) is 44.7 Å². The van der Waals surface area contributed by atoms with Gasteiger partial charge < -0.3 is 15.0 Å². The molecular weight excluding hydrogens is 300 g/mol. The normalized spacial score (nSPS) is 11.6. The van der Waals surface area contributed by atoms with Crippen LogP contribution in [-0.2, 0) is 16.1 Å². The summed E-state index contributed by atoms with van der Waals surface area (Å²) in [4.78, 5) is 14.5. The zero-order chi connectivity index (χ0) is 15.5. The van der Waals surface area contributed by atoms with E-state index >= 15 is 0 Å². The van der Waals surface area contributed by atoms with Crippen LogP contribution in [0.5, 0.6) is 0 Å². The SMILES string of the molecule is CNCC(C)C(=O)N(CCCCOC)Cc1ccccc1.Cl. The van der Waals surface area contributed by atoms with E-state index in [0.717, 1.165) is 26.0 Å². The van der Waals surface area contributed by atoms with E-state index in [1.54, 1.807) is 7.11 Å². The van der Waals surface area contributed by atoms with Gasteiger partial charge >= 0.3 is 0 Å². The molecule has 1 amide bonds. The van der Waals surface area contributed by atoms with Crippen LogP contribution in [0.15, 0.2) is 30.3 Å². The summed E-state index contributed by atoms with van der Waals surface area (Å²) in [5.41, 5.74) is 1.18. The predicted octanol–water partition coefficient (Wildman–Crippen LogP) is 2.72. The van der Waals surface area contributed by atoms with Crippen molar-refractivity contribution in [2.24, 2.45) is 5.92 Å². The third-order valence-electron chi connectivity index (χ3n) is 3.49. The van der Waals surface area contributed by atoms with Gasteiger partial charge in [0, 0.05) is 39.3 Å². The van der Waals surface area contributed by atoms with Crippen molar-refractivity contribution in [1.82, 2.24) is 10.2 Å². The van der Waals surface area contributed by atoms with E-state index in [4.69, 9.17) is 4.74 Å². The summed E-state index contributed by atoms with van der Waals surface area (Å²) in [6.45, 7) is 4.90. The molecule has 1 aromatic rings. The molecular formula is C17H29ClN2O2. The van der Waals surface area contributed by atoms with Gasteiger partial charge in [0.15, 0.2) is 0 Å². The largest absolute Gasteiger partial charge is 0.385 e. The van der Waals surface area contributed by atoms with E-state index in [-0.39, 0.29) is 24.2 Å². The molecule has 0 aromatic heterocycles. The number of rotatable bonds is 10. The molecule has 1 rings (SSSR count). The molecule has 22 heavy (non-hydrogen) atoms. The van der Waals surface area contributed by atoms with E-state index in [1.807, 2.05) is 37.1 Å². The number of hydrogen-bond donors (Lipinski definition) is 1. The minimum atomic E-state index is 0. The van der Waals surface area contributed by atoms with Gasteiger partial charge in [-0.25, -0.2) is 0 Å². The number of halogens is 1. The van der Waals surface area contributed by atoms with Gasteiger partial charge in [-0.2, -0.15) is 0 Å². The van der Waals surface area contributed by atoms with Gasteiger partial charge in [-0.3, -0.25) is 4.79 Å². The third kappa shape index (κ3) is 7.78. The average Bonchev–Trinajstić information content (AvgIpc) is 2.51. The topological polar surface area (TPSA) is 41.6 Å². The summed E-state index contributed by atoms with van der Waals surface area (Å²) >= 11 is 0. The van der Waals surface area contributed by atoms with Crippen molar-refractivity contribution in [3.05, 3.63) is 35.9 Å². The first-order valence-electron chi connectivity index (χ1n) is 7.65. The summed E-state index contributed by atoms with van der Waals surface area (Å²) in [6, 6.07) is 10.2. The molecule has 1 aromatic carbocycles. The lowest BCUT2D eigenvalue weighted by molar-refractivity contribution is -0.135. The Hall–Kier alpha value is -1.10. The third-order valence-corrected chi connectivity index (χ3v) is 3.49. The highest BCUT2D eigenvalue weighted by atomic mass is 35.5. The Bertz CT molecular complexity index is 401. The van der Waals surface area contributed by atoms with Crippen molar-refractivity contribution >= 4 is 18.3 Å². The number of ether oxygens (including phenoxy) is 1. The Labute approximate surface area is 140 Å². The molecule has 5 heteroatoms. The highest BCUT2D eigenvalue weighted by Crippen LogP contribution is 2.10. The van der Waals surface area contributed by atoms with Gasteiger partial charge in [0.2, 0.25) is 5.91 Å². The number of unbranched alkanes of at least 4 members (excludes halogenated alkanes) is 1. The van der Waals surface area contributed by atoms with Gasteiger partial charge in [0.1, 0.15) is 0 Å². The monoisotopic (exact) mass is 328 g/mol. The molecule has 1 atom stereocenters. The van der Waals surface area contributed by atoms with Crippen molar-refractivity contribution in [2.75, 3.05) is 33.9 Å². The number of methoxy groups -OCH3 is 1.